The van der Waals surface area contributed by atoms with Crippen molar-refractivity contribution in [2.45, 2.75) is 12.3 Å². The molecule has 4 aromatic rings. The first-order valence-corrected chi connectivity index (χ1v) is 8.78. The average molecular weight is 326 g/mol. The summed E-state index contributed by atoms with van der Waals surface area (Å²) in [4.78, 5) is 3.69. The molecule has 3 aromatic carbocycles. The molecule has 25 heavy (non-hydrogen) atoms. The van der Waals surface area contributed by atoms with Crippen molar-refractivity contribution in [1.29, 1.82) is 0 Å². The summed E-state index contributed by atoms with van der Waals surface area (Å²) in [5.74, 6) is 0.177. The Balaban J connectivity index is 1.97. The molecule has 0 spiro atoms. The fourth-order valence-electron chi connectivity index (χ4n) is 3.70. The van der Waals surface area contributed by atoms with Gasteiger partial charge in [0, 0.05) is 22.5 Å². The van der Waals surface area contributed by atoms with Gasteiger partial charge in [0.25, 0.3) is 0 Å². The third-order valence-electron chi connectivity index (χ3n) is 4.80. The summed E-state index contributed by atoms with van der Waals surface area (Å²) in [5.41, 5.74) is 12.3. The van der Waals surface area contributed by atoms with E-state index in [1.54, 1.807) is 0 Å². The van der Waals surface area contributed by atoms with E-state index >= 15 is 0 Å². The first-order valence-electron chi connectivity index (χ1n) is 8.78. The van der Waals surface area contributed by atoms with Gasteiger partial charge in [-0.2, -0.15) is 0 Å². The van der Waals surface area contributed by atoms with E-state index in [-0.39, 0.29) is 5.92 Å². The number of H-pyrrole nitrogens is 1. The van der Waals surface area contributed by atoms with Crippen molar-refractivity contribution in [3.63, 3.8) is 0 Å². The number of aromatic nitrogens is 1. The zero-order valence-corrected chi connectivity index (χ0v) is 14.2. The Kier molecular flexibility index (Phi) is 4.36. The van der Waals surface area contributed by atoms with Gasteiger partial charge in [0.15, 0.2) is 0 Å². The lowest BCUT2D eigenvalue weighted by Gasteiger charge is -2.19. The van der Waals surface area contributed by atoms with Crippen LogP contribution in [-0.2, 0) is 6.42 Å². The molecule has 0 unspecified atom stereocenters. The molecule has 0 saturated carbocycles. The van der Waals surface area contributed by atoms with Crippen molar-refractivity contribution in [2.75, 3.05) is 6.54 Å². The number of aromatic amines is 1. The number of hydrogen-bond acceptors (Lipinski definition) is 1. The van der Waals surface area contributed by atoms with E-state index < -0.39 is 0 Å². The Bertz CT molecular complexity index is 916. The topological polar surface area (TPSA) is 41.8 Å². The summed E-state index contributed by atoms with van der Waals surface area (Å²) in [6, 6.07) is 29.9. The maximum Gasteiger partial charge on any atom is 0.0493 e. The molecule has 0 aliphatic heterocycles. The molecular formula is C23H22N2. The second kappa shape index (κ2) is 6.96. The van der Waals surface area contributed by atoms with Crippen LogP contribution in [-0.4, -0.2) is 11.5 Å². The fourth-order valence-corrected chi connectivity index (χ4v) is 3.70. The van der Waals surface area contributed by atoms with Crippen molar-refractivity contribution in [2.24, 2.45) is 5.73 Å². The van der Waals surface area contributed by atoms with Crippen molar-refractivity contribution >= 4 is 10.9 Å². The highest BCUT2D eigenvalue weighted by Gasteiger charge is 2.22. The van der Waals surface area contributed by atoms with Crippen LogP contribution in [0.1, 0.15) is 28.3 Å². The average Bonchev–Trinajstić information content (AvgIpc) is 3.02. The number of benzene rings is 3. The van der Waals surface area contributed by atoms with E-state index in [1.807, 2.05) is 0 Å². The summed E-state index contributed by atoms with van der Waals surface area (Å²) < 4.78 is 0. The minimum Gasteiger partial charge on any atom is -0.357 e. The summed E-state index contributed by atoms with van der Waals surface area (Å²) in [5, 5.41) is 1.28. The molecule has 2 heteroatoms. The SMILES string of the molecule is NCCc1c(C(c2ccccc2)c2ccccc2)[nH]c2ccccc12. The fraction of sp³-hybridized carbons (Fsp3) is 0.130. The van der Waals surface area contributed by atoms with Gasteiger partial charge in [-0.25, -0.2) is 0 Å². The predicted octanol–water partition coefficient (Wildman–Crippen LogP) is 4.85. The number of nitrogens with one attached hydrogen (secondary N) is 1. The van der Waals surface area contributed by atoms with Gasteiger partial charge >= 0.3 is 0 Å². The van der Waals surface area contributed by atoms with Gasteiger partial charge in [-0.05, 0) is 35.7 Å². The minimum absolute atomic E-state index is 0.177. The number of para-hydroxylation sites is 1. The summed E-state index contributed by atoms with van der Waals surface area (Å²) in [6.45, 7) is 0.644. The van der Waals surface area contributed by atoms with Crippen LogP contribution >= 0.6 is 0 Å². The number of rotatable bonds is 5. The lowest BCUT2D eigenvalue weighted by molar-refractivity contribution is 0.885. The first-order chi connectivity index (χ1) is 12.4. The van der Waals surface area contributed by atoms with E-state index in [2.05, 4.69) is 89.9 Å². The second-order valence-corrected chi connectivity index (χ2v) is 6.36. The van der Waals surface area contributed by atoms with Gasteiger partial charge in [0.2, 0.25) is 0 Å². The van der Waals surface area contributed by atoms with Gasteiger partial charge in [0.1, 0.15) is 0 Å². The molecule has 2 nitrogen and oxygen atoms in total. The first kappa shape index (κ1) is 15.7. The Morgan fingerprint density at radius 3 is 1.88 bits per heavy atom. The molecule has 124 valence electrons. The van der Waals surface area contributed by atoms with Gasteiger partial charge < -0.3 is 10.7 Å². The number of hydrogen-bond donors (Lipinski definition) is 2. The molecule has 0 radical (unpaired) electrons. The standard InChI is InChI=1S/C23H22N2/c24-16-15-20-19-13-7-8-14-21(19)25-23(20)22(17-9-3-1-4-10-17)18-11-5-2-6-12-18/h1-14,22,25H,15-16,24H2. The molecule has 0 bridgehead atoms. The van der Waals surface area contributed by atoms with E-state index in [1.165, 1.54) is 33.3 Å². The van der Waals surface area contributed by atoms with Crippen LogP contribution in [0, 0.1) is 0 Å². The van der Waals surface area contributed by atoms with Gasteiger partial charge in [0.05, 0.1) is 0 Å². The molecule has 0 saturated heterocycles. The minimum atomic E-state index is 0.177. The maximum absolute atomic E-state index is 5.94. The number of fused-ring (bicyclic) bond motifs is 1. The van der Waals surface area contributed by atoms with E-state index in [0.717, 1.165) is 6.42 Å². The van der Waals surface area contributed by atoms with Gasteiger partial charge in [-0.3, -0.25) is 0 Å². The van der Waals surface area contributed by atoms with Crippen molar-refractivity contribution in [3.05, 3.63) is 107 Å². The molecule has 4 rings (SSSR count). The maximum atomic E-state index is 5.94. The molecule has 3 N–H and O–H groups in total. The monoisotopic (exact) mass is 326 g/mol. The lowest BCUT2D eigenvalue weighted by atomic mass is 9.86. The van der Waals surface area contributed by atoms with Crippen LogP contribution in [0.2, 0.25) is 0 Å². The van der Waals surface area contributed by atoms with Crippen LogP contribution in [0.25, 0.3) is 10.9 Å². The smallest absolute Gasteiger partial charge is 0.0493 e. The summed E-state index contributed by atoms with van der Waals surface area (Å²) in [7, 11) is 0. The van der Waals surface area contributed by atoms with E-state index in [4.69, 9.17) is 5.73 Å². The predicted molar refractivity (Wildman–Crippen MR) is 105 cm³/mol. The molecule has 0 aliphatic rings. The summed E-state index contributed by atoms with van der Waals surface area (Å²) >= 11 is 0. The molecule has 1 aromatic heterocycles. The Hall–Kier alpha value is -2.84. The highest BCUT2D eigenvalue weighted by atomic mass is 14.7. The summed E-state index contributed by atoms with van der Waals surface area (Å²) in [6.07, 6.45) is 0.871. The zero-order chi connectivity index (χ0) is 17.1. The second-order valence-electron chi connectivity index (χ2n) is 6.36. The number of nitrogens with two attached hydrogens (primary N) is 1. The largest absolute Gasteiger partial charge is 0.357 e. The van der Waals surface area contributed by atoms with Gasteiger partial charge in [-0.15, -0.1) is 0 Å². The Morgan fingerprint density at radius 2 is 1.28 bits per heavy atom. The Morgan fingerprint density at radius 1 is 0.720 bits per heavy atom. The molecule has 0 amide bonds. The van der Waals surface area contributed by atoms with Crippen LogP contribution < -0.4 is 5.73 Å². The van der Waals surface area contributed by atoms with E-state index in [9.17, 15) is 0 Å². The van der Waals surface area contributed by atoms with Crippen LogP contribution in [0.15, 0.2) is 84.9 Å². The van der Waals surface area contributed by atoms with Crippen LogP contribution in [0.5, 0.6) is 0 Å². The third-order valence-corrected chi connectivity index (χ3v) is 4.80. The van der Waals surface area contributed by atoms with Gasteiger partial charge in [-0.1, -0.05) is 78.9 Å². The van der Waals surface area contributed by atoms with E-state index in [0.29, 0.717) is 6.54 Å². The zero-order valence-electron chi connectivity index (χ0n) is 14.2. The quantitative estimate of drug-likeness (QED) is 0.541. The highest BCUT2D eigenvalue weighted by Crippen LogP contribution is 2.36. The van der Waals surface area contributed by atoms with Crippen molar-refractivity contribution in [1.82, 2.24) is 4.98 Å². The molecular weight excluding hydrogens is 304 g/mol. The van der Waals surface area contributed by atoms with Crippen molar-refractivity contribution < 1.29 is 0 Å². The van der Waals surface area contributed by atoms with Crippen molar-refractivity contribution in [3.8, 4) is 0 Å². The van der Waals surface area contributed by atoms with Crippen LogP contribution in [0.3, 0.4) is 0 Å². The molecule has 0 aliphatic carbocycles. The third kappa shape index (κ3) is 2.97. The lowest BCUT2D eigenvalue weighted by Crippen LogP contribution is -2.09. The normalized spacial score (nSPS) is 11.3. The molecule has 1 heterocycles. The molecule has 0 fully saturated rings. The Labute approximate surface area is 148 Å². The van der Waals surface area contributed by atoms with Crippen LogP contribution in [0.4, 0.5) is 0 Å². The molecule has 0 atom stereocenters. The highest BCUT2D eigenvalue weighted by molar-refractivity contribution is 5.85.